The molecule has 106 valence electrons. The van der Waals surface area contributed by atoms with Gasteiger partial charge in [-0.05, 0) is 42.0 Å². The molecule has 1 atom stereocenters. The van der Waals surface area contributed by atoms with E-state index < -0.39 is 0 Å². The molecule has 0 radical (unpaired) electrons. The number of nitrogens with zero attached hydrogens (tertiary/aromatic N) is 2. The van der Waals surface area contributed by atoms with E-state index in [9.17, 15) is 9.50 Å². The van der Waals surface area contributed by atoms with Gasteiger partial charge in [0, 0.05) is 24.0 Å². The fourth-order valence-electron chi connectivity index (χ4n) is 2.17. The van der Waals surface area contributed by atoms with Crippen molar-refractivity contribution < 1.29 is 14.0 Å². The standard InChI is InChI=1S/C16H13FN2O2/c17-13-3-1-12(2-4-13)16-9-15(19-21-16)14(10-20)11-5-7-18-8-6-11/h1-9,14,20H,10H2. The second-order valence-electron chi connectivity index (χ2n) is 4.64. The van der Waals surface area contributed by atoms with Gasteiger partial charge in [0.1, 0.15) is 5.82 Å². The summed E-state index contributed by atoms with van der Waals surface area (Å²) in [6.45, 7) is -0.0839. The molecule has 0 aliphatic carbocycles. The molecule has 2 aromatic heterocycles. The van der Waals surface area contributed by atoms with Crippen LogP contribution in [0.1, 0.15) is 17.2 Å². The third-order valence-electron chi connectivity index (χ3n) is 3.31. The Morgan fingerprint density at radius 3 is 2.48 bits per heavy atom. The highest BCUT2D eigenvalue weighted by molar-refractivity contribution is 5.57. The summed E-state index contributed by atoms with van der Waals surface area (Å²) < 4.78 is 18.2. The van der Waals surface area contributed by atoms with E-state index in [2.05, 4.69) is 10.1 Å². The SMILES string of the molecule is OCC(c1ccncc1)c1cc(-c2ccc(F)cc2)on1. The van der Waals surface area contributed by atoms with Gasteiger partial charge in [0.2, 0.25) is 0 Å². The zero-order chi connectivity index (χ0) is 14.7. The van der Waals surface area contributed by atoms with Crippen molar-refractivity contribution in [3.05, 3.63) is 71.9 Å². The summed E-state index contributed by atoms with van der Waals surface area (Å²) in [5, 5.41) is 13.6. The summed E-state index contributed by atoms with van der Waals surface area (Å²) in [4.78, 5) is 3.96. The zero-order valence-electron chi connectivity index (χ0n) is 11.1. The number of benzene rings is 1. The molecule has 0 saturated carbocycles. The van der Waals surface area contributed by atoms with Crippen LogP contribution in [0.15, 0.2) is 59.4 Å². The van der Waals surface area contributed by atoms with E-state index in [1.807, 2.05) is 12.1 Å². The van der Waals surface area contributed by atoms with Gasteiger partial charge in [-0.25, -0.2) is 4.39 Å². The highest BCUT2D eigenvalue weighted by atomic mass is 19.1. The quantitative estimate of drug-likeness (QED) is 0.800. The molecule has 1 N–H and O–H groups in total. The minimum Gasteiger partial charge on any atom is -0.395 e. The van der Waals surface area contributed by atoms with Gasteiger partial charge in [-0.1, -0.05) is 5.16 Å². The number of aliphatic hydroxyl groups excluding tert-OH is 1. The van der Waals surface area contributed by atoms with Gasteiger partial charge in [-0.2, -0.15) is 0 Å². The number of aromatic nitrogens is 2. The molecule has 21 heavy (non-hydrogen) atoms. The topological polar surface area (TPSA) is 59.2 Å². The number of pyridine rings is 1. The van der Waals surface area contributed by atoms with Crippen molar-refractivity contribution in [3.8, 4) is 11.3 Å². The Morgan fingerprint density at radius 1 is 1.10 bits per heavy atom. The molecule has 0 bridgehead atoms. The Bertz CT molecular complexity index is 711. The smallest absolute Gasteiger partial charge is 0.167 e. The molecule has 0 aliphatic rings. The minimum absolute atomic E-state index is 0.0839. The Balaban J connectivity index is 1.92. The molecule has 1 unspecified atom stereocenters. The summed E-state index contributed by atoms with van der Waals surface area (Å²) >= 11 is 0. The van der Waals surface area contributed by atoms with Crippen molar-refractivity contribution in [1.29, 1.82) is 0 Å². The molecule has 3 rings (SSSR count). The third-order valence-corrected chi connectivity index (χ3v) is 3.31. The Morgan fingerprint density at radius 2 is 1.81 bits per heavy atom. The third kappa shape index (κ3) is 2.83. The predicted octanol–water partition coefficient (Wildman–Crippen LogP) is 3.00. The van der Waals surface area contributed by atoms with Gasteiger partial charge in [0.05, 0.1) is 18.2 Å². The lowest BCUT2D eigenvalue weighted by Gasteiger charge is -2.10. The minimum atomic E-state index is -0.302. The average Bonchev–Trinajstić information content (AvgIpc) is 2.99. The van der Waals surface area contributed by atoms with Crippen LogP contribution in [0.5, 0.6) is 0 Å². The van der Waals surface area contributed by atoms with Crippen molar-refractivity contribution >= 4 is 0 Å². The van der Waals surface area contributed by atoms with Crippen molar-refractivity contribution in [3.63, 3.8) is 0 Å². The first-order valence-corrected chi connectivity index (χ1v) is 6.51. The summed E-state index contributed by atoms with van der Waals surface area (Å²) in [6.07, 6.45) is 3.33. The Kier molecular flexibility index (Phi) is 3.75. The van der Waals surface area contributed by atoms with Crippen molar-refractivity contribution in [2.45, 2.75) is 5.92 Å². The maximum atomic E-state index is 12.9. The molecule has 2 heterocycles. The molecule has 0 spiro atoms. The lowest BCUT2D eigenvalue weighted by Crippen LogP contribution is -2.06. The first-order chi connectivity index (χ1) is 10.3. The summed E-state index contributed by atoms with van der Waals surface area (Å²) in [5.74, 6) is -0.0352. The number of rotatable bonds is 4. The monoisotopic (exact) mass is 284 g/mol. The molecule has 0 aliphatic heterocycles. The second-order valence-corrected chi connectivity index (χ2v) is 4.64. The summed E-state index contributed by atoms with van der Waals surface area (Å²) in [5.41, 5.74) is 2.27. The second kappa shape index (κ2) is 5.85. The van der Waals surface area contributed by atoms with Gasteiger partial charge >= 0.3 is 0 Å². The van der Waals surface area contributed by atoms with Crippen molar-refractivity contribution in [1.82, 2.24) is 10.1 Å². The lowest BCUT2D eigenvalue weighted by molar-refractivity contribution is 0.274. The summed E-state index contributed by atoms with van der Waals surface area (Å²) in [6, 6.07) is 11.4. The van der Waals surface area contributed by atoms with E-state index in [4.69, 9.17) is 4.52 Å². The summed E-state index contributed by atoms with van der Waals surface area (Å²) in [7, 11) is 0. The van der Waals surface area contributed by atoms with Crippen LogP contribution in [-0.2, 0) is 0 Å². The van der Waals surface area contributed by atoms with Gasteiger partial charge in [0.25, 0.3) is 0 Å². The number of hydrogen-bond acceptors (Lipinski definition) is 4. The van der Waals surface area contributed by atoms with E-state index in [1.165, 1.54) is 12.1 Å². The molecular formula is C16H13FN2O2. The number of halogens is 1. The van der Waals surface area contributed by atoms with Crippen molar-refractivity contribution in [2.75, 3.05) is 6.61 Å². The Hall–Kier alpha value is -2.53. The molecule has 0 saturated heterocycles. The van der Waals surface area contributed by atoms with Crippen molar-refractivity contribution in [2.24, 2.45) is 0 Å². The lowest BCUT2D eigenvalue weighted by atomic mass is 9.97. The maximum absolute atomic E-state index is 12.9. The molecule has 3 aromatic rings. The largest absolute Gasteiger partial charge is 0.395 e. The first kappa shape index (κ1) is 13.5. The fraction of sp³-hybridized carbons (Fsp3) is 0.125. The molecule has 0 fully saturated rings. The van der Waals surface area contributed by atoms with Crippen LogP contribution in [0.2, 0.25) is 0 Å². The van der Waals surface area contributed by atoms with E-state index in [1.54, 1.807) is 30.6 Å². The highest BCUT2D eigenvalue weighted by Crippen LogP contribution is 2.27. The van der Waals surface area contributed by atoms with Crippen LogP contribution in [0.25, 0.3) is 11.3 Å². The average molecular weight is 284 g/mol. The molecule has 4 nitrogen and oxygen atoms in total. The van der Waals surface area contributed by atoms with Gasteiger partial charge in [-0.3, -0.25) is 4.98 Å². The van der Waals surface area contributed by atoms with Crippen LogP contribution in [0.4, 0.5) is 4.39 Å². The van der Waals surface area contributed by atoms with Crippen LogP contribution in [-0.4, -0.2) is 21.9 Å². The van der Waals surface area contributed by atoms with E-state index in [-0.39, 0.29) is 18.3 Å². The molecule has 1 aromatic carbocycles. The molecule has 0 amide bonds. The molecular weight excluding hydrogens is 271 g/mol. The van der Waals surface area contributed by atoms with E-state index in [0.717, 1.165) is 11.1 Å². The highest BCUT2D eigenvalue weighted by Gasteiger charge is 2.18. The van der Waals surface area contributed by atoms with Crippen LogP contribution >= 0.6 is 0 Å². The van der Waals surface area contributed by atoms with Crippen LogP contribution < -0.4 is 0 Å². The fourth-order valence-corrected chi connectivity index (χ4v) is 2.17. The predicted molar refractivity (Wildman–Crippen MR) is 75.1 cm³/mol. The van der Waals surface area contributed by atoms with E-state index >= 15 is 0 Å². The van der Waals surface area contributed by atoms with Gasteiger partial charge in [0.15, 0.2) is 5.76 Å². The van der Waals surface area contributed by atoms with Gasteiger partial charge in [-0.15, -0.1) is 0 Å². The van der Waals surface area contributed by atoms with Crippen LogP contribution in [0, 0.1) is 5.82 Å². The first-order valence-electron chi connectivity index (χ1n) is 6.51. The normalized spacial score (nSPS) is 12.3. The van der Waals surface area contributed by atoms with Crippen LogP contribution in [0.3, 0.4) is 0 Å². The zero-order valence-corrected chi connectivity index (χ0v) is 11.1. The maximum Gasteiger partial charge on any atom is 0.167 e. The molecule has 5 heteroatoms. The Labute approximate surface area is 120 Å². The van der Waals surface area contributed by atoms with E-state index in [0.29, 0.717) is 11.5 Å². The van der Waals surface area contributed by atoms with Gasteiger partial charge < -0.3 is 9.63 Å². The number of aliphatic hydroxyl groups is 1. The number of hydrogen-bond donors (Lipinski definition) is 1.